The molecule has 0 bridgehead atoms. The molecule has 1 aromatic rings. The number of piperidine rings is 1. The van der Waals surface area contributed by atoms with E-state index in [1.165, 1.54) is 0 Å². The lowest BCUT2D eigenvalue weighted by Gasteiger charge is -2.42. The Morgan fingerprint density at radius 1 is 1.15 bits per heavy atom. The summed E-state index contributed by atoms with van der Waals surface area (Å²) in [5, 5.41) is 5.51. The Morgan fingerprint density at radius 2 is 1.85 bits per heavy atom. The number of hydrogen-bond acceptors (Lipinski definition) is 7. The molecule has 1 saturated carbocycles. The SMILES string of the molecule is CN(C(=O)OC(C)(C)C)[C@H]1C[C@H](Nc2cccc3c2C(=O)N(C2CCC(=O)NC2=O)C3=O)C1. The van der Waals surface area contributed by atoms with E-state index in [2.05, 4.69) is 10.6 Å². The smallest absolute Gasteiger partial charge is 0.410 e. The van der Waals surface area contributed by atoms with Gasteiger partial charge in [-0.25, -0.2) is 4.79 Å². The summed E-state index contributed by atoms with van der Waals surface area (Å²) in [5.74, 6) is -2.13. The largest absolute Gasteiger partial charge is 0.444 e. The number of benzene rings is 1. The van der Waals surface area contributed by atoms with Crippen LogP contribution in [0, 0.1) is 0 Å². The van der Waals surface area contributed by atoms with Crippen LogP contribution < -0.4 is 10.6 Å². The first-order chi connectivity index (χ1) is 15.5. The van der Waals surface area contributed by atoms with Crippen molar-refractivity contribution in [3.05, 3.63) is 29.3 Å². The molecule has 4 rings (SSSR count). The maximum atomic E-state index is 13.2. The molecule has 0 spiro atoms. The minimum absolute atomic E-state index is 0.00594. The average Bonchev–Trinajstić information content (AvgIpc) is 2.94. The van der Waals surface area contributed by atoms with Gasteiger partial charge < -0.3 is 15.0 Å². The van der Waals surface area contributed by atoms with Crippen molar-refractivity contribution in [2.75, 3.05) is 12.4 Å². The van der Waals surface area contributed by atoms with Crippen molar-refractivity contribution in [1.29, 1.82) is 0 Å². The highest BCUT2D eigenvalue weighted by atomic mass is 16.6. The van der Waals surface area contributed by atoms with Crippen LogP contribution in [0.1, 0.15) is 67.2 Å². The molecule has 1 unspecified atom stereocenters. The molecule has 1 aromatic carbocycles. The Balaban J connectivity index is 1.44. The highest BCUT2D eigenvalue weighted by Crippen LogP contribution is 2.35. The van der Waals surface area contributed by atoms with Crippen LogP contribution in [-0.2, 0) is 14.3 Å². The summed E-state index contributed by atoms with van der Waals surface area (Å²) >= 11 is 0. The molecule has 33 heavy (non-hydrogen) atoms. The van der Waals surface area contributed by atoms with Crippen molar-refractivity contribution in [3.63, 3.8) is 0 Å². The second kappa shape index (κ2) is 8.17. The van der Waals surface area contributed by atoms with Gasteiger partial charge >= 0.3 is 6.09 Å². The van der Waals surface area contributed by atoms with Crippen LogP contribution in [0.15, 0.2) is 18.2 Å². The monoisotopic (exact) mass is 456 g/mol. The third-order valence-electron chi connectivity index (χ3n) is 6.17. The molecule has 0 aromatic heterocycles. The normalized spacial score (nSPS) is 24.7. The highest BCUT2D eigenvalue weighted by molar-refractivity contribution is 6.25. The molecule has 10 nitrogen and oxygen atoms in total. The predicted octanol–water partition coefficient (Wildman–Crippen LogP) is 1.90. The Bertz CT molecular complexity index is 1040. The van der Waals surface area contributed by atoms with Gasteiger partial charge in [-0.3, -0.25) is 29.4 Å². The summed E-state index contributed by atoms with van der Waals surface area (Å²) in [4.78, 5) is 64.6. The number of anilines is 1. The van der Waals surface area contributed by atoms with E-state index in [0.29, 0.717) is 18.5 Å². The summed E-state index contributed by atoms with van der Waals surface area (Å²) in [6, 6.07) is 3.99. The number of carbonyl (C=O) groups is 5. The van der Waals surface area contributed by atoms with Crippen LogP contribution in [0.4, 0.5) is 10.5 Å². The van der Waals surface area contributed by atoms with E-state index >= 15 is 0 Å². The molecule has 2 fully saturated rings. The van der Waals surface area contributed by atoms with Gasteiger partial charge in [-0.2, -0.15) is 0 Å². The number of amides is 5. The zero-order valence-electron chi connectivity index (χ0n) is 19.1. The Morgan fingerprint density at radius 3 is 2.48 bits per heavy atom. The van der Waals surface area contributed by atoms with Gasteiger partial charge in [-0.1, -0.05) is 6.07 Å². The van der Waals surface area contributed by atoms with E-state index in [9.17, 15) is 24.0 Å². The van der Waals surface area contributed by atoms with E-state index in [1.807, 2.05) is 20.8 Å². The third kappa shape index (κ3) is 4.29. The van der Waals surface area contributed by atoms with Crippen LogP contribution in [-0.4, -0.2) is 70.3 Å². The first-order valence-electron chi connectivity index (χ1n) is 11.0. The zero-order chi connectivity index (χ0) is 24.1. The molecule has 1 aliphatic carbocycles. The number of rotatable bonds is 4. The second-order valence-electron chi connectivity index (χ2n) is 9.73. The predicted molar refractivity (Wildman–Crippen MR) is 118 cm³/mol. The van der Waals surface area contributed by atoms with Gasteiger partial charge in [0.25, 0.3) is 11.8 Å². The maximum Gasteiger partial charge on any atom is 0.410 e. The highest BCUT2D eigenvalue weighted by Gasteiger charge is 2.46. The van der Waals surface area contributed by atoms with E-state index in [1.54, 1.807) is 30.1 Å². The van der Waals surface area contributed by atoms with Gasteiger partial charge in [0.1, 0.15) is 11.6 Å². The van der Waals surface area contributed by atoms with E-state index in [4.69, 9.17) is 4.74 Å². The first-order valence-corrected chi connectivity index (χ1v) is 11.0. The average molecular weight is 456 g/mol. The fourth-order valence-electron chi connectivity index (χ4n) is 4.36. The molecule has 0 radical (unpaired) electrons. The number of nitrogens with zero attached hydrogens (tertiary/aromatic N) is 2. The number of hydrogen-bond donors (Lipinski definition) is 2. The van der Waals surface area contributed by atoms with Crippen LogP contribution >= 0.6 is 0 Å². The molecule has 3 aliphatic rings. The summed E-state index contributed by atoms with van der Waals surface area (Å²) in [6.45, 7) is 5.45. The Hall–Kier alpha value is -3.43. The second-order valence-corrected chi connectivity index (χ2v) is 9.73. The van der Waals surface area contributed by atoms with Crippen LogP contribution in [0.2, 0.25) is 0 Å². The van der Waals surface area contributed by atoms with Gasteiger partial charge in [0.15, 0.2) is 0 Å². The van der Waals surface area contributed by atoms with Crippen molar-refractivity contribution in [1.82, 2.24) is 15.1 Å². The molecule has 2 N–H and O–H groups in total. The van der Waals surface area contributed by atoms with Crippen molar-refractivity contribution >= 4 is 35.4 Å². The lowest BCUT2D eigenvalue weighted by molar-refractivity contribution is -0.136. The summed E-state index contributed by atoms with van der Waals surface area (Å²) in [6.07, 6.45) is 1.13. The zero-order valence-corrected chi connectivity index (χ0v) is 19.1. The van der Waals surface area contributed by atoms with Crippen molar-refractivity contribution in [2.24, 2.45) is 0 Å². The van der Waals surface area contributed by atoms with Gasteiger partial charge in [-0.05, 0) is 52.2 Å². The fourth-order valence-corrected chi connectivity index (χ4v) is 4.36. The minimum atomic E-state index is -1.00. The fraction of sp³-hybridized carbons (Fsp3) is 0.522. The van der Waals surface area contributed by atoms with Gasteiger partial charge in [-0.15, -0.1) is 0 Å². The van der Waals surface area contributed by atoms with E-state index in [0.717, 1.165) is 4.90 Å². The first kappa shape index (κ1) is 22.8. The molecular weight excluding hydrogens is 428 g/mol. The van der Waals surface area contributed by atoms with E-state index in [-0.39, 0.29) is 42.1 Å². The maximum absolute atomic E-state index is 13.2. The van der Waals surface area contributed by atoms with Gasteiger partial charge in [0.2, 0.25) is 11.8 Å². The lowest BCUT2D eigenvalue weighted by Crippen LogP contribution is -2.54. The third-order valence-corrected chi connectivity index (χ3v) is 6.17. The van der Waals surface area contributed by atoms with Crippen molar-refractivity contribution < 1.29 is 28.7 Å². The number of imide groups is 2. The number of ether oxygens (including phenoxy) is 1. The molecule has 176 valence electrons. The molecule has 5 amide bonds. The van der Waals surface area contributed by atoms with Gasteiger partial charge in [0.05, 0.1) is 11.1 Å². The van der Waals surface area contributed by atoms with Crippen LogP contribution in [0.3, 0.4) is 0 Å². The van der Waals surface area contributed by atoms with Crippen LogP contribution in [0.5, 0.6) is 0 Å². The Kier molecular flexibility index (Phi) is 5.63. The summed E-state index contributed by atoms with van der Waals surface area (Å²) in [5.41, 5.74) is 0.412. The van der Waals surface area contributed by atoms with Gasteiger partial charge in [0, 0.05) is 31.2 Å². The van der Waals surface area contributed by atoms with Crippen LogP contribution in [0.25, 0.3) is 0 Å². The molecule has 10 heteroatoms. The summed E-state index contributed by atoms with van der Waals surface area (Å²) < 4.78 is 5.41. The van der Waals surface area contributed by atoms with Crippen molar-refractivity contribution in [2.45, 2.75) is 70.2 Å². The molecule has 1 saturated heterocycles. The standard InChI is InChI=1S/C23H28N4O6/c1-23(2,3)33-22(32)26(4)13-10-12(11-13)24-15-7-5-6-14-18(15)21(31)27(20(14)30)16-8-9-17(28)25-19(16)29/h5-7,12-13,16,24H,8-11H2,1-4H3,(H,25,28,29)/t12-,13-,16?. The number of carbonyl (C=O) groups excluding carboxylic acids is 5. The Labute approximate surface area is 191 Å². The molecule has 2 aliphatic heterocycles. The quantitative estimate of drug-likeness (QED) is 0.663. The number of nitrogens with one attached hydrogen (secondary N) is 2. The molecule has 2 heterocycles. The minimum Gasteiger partial charge on any atom is -0.444 e. The number of fused-ring (bicyclic) bond motifs is 1. The van der Waals surface area contributed by atoms with E-state index < -0.39 is 35.3 Å². The van der Waals surface area contributed by atoms with Crippen molar-refractivity contribution in [3.8, 4) is 0 Å². The topological polar surface area (TPSA) is 125 Å². The molecular formula is C23H28N4O6. The summed E-state index contributed by atoms with van der Waals surface area (Å²) in [7, 11) is 1.70. The lowest BCUT2D eigenvalue weighted by atomic mass is 9.85. The molecule has 1 atom stereocenters.